The fourth-order valence-corrected chi connectivity index (χ4v) is 3.26. The fraction of sp³-hybridized carbons (Fsp3) is 0.636. The number of hydrogen-bond donors (Lipinski definition) is 0. The van der Waals surface area contributed by atoms with Crippen LogP contribution in [0.4, 0.5) is 4.79 Å². The molecule has 27 heavy (non-hydrogen) atoms. The van der Waals surface area contributed by atoms with Crippen LogP contribution in [-0.4, -0.2) is 41.8 Å². The van der Waals surface area contributed by atoms with Gasteiger partial charge in [0, 0.05) is 24.9 Å². The molecule has 0 saturated heterocycles. The van der Waals surface area contributed by atoms with E-state index in [-0.39, 0.29) is 18.1 Å². The molecule has 0 spiro atoms. The average molecular weight is 376 g/mol. The average Bonchev–Trinajstić information content (AvgIpc) is 3.37. The highest BCUT2D eigenvalue weighted by Crippen LogP contribution is 2.45. The Morgan fingerprint density at radius 2 is 1.81 bits per heavy atom. The van der Waals surface area contributed by atoms with Crippen molar-refractivity contribution in [1.29, 1.82) is 0 Å². The summed E-state index contributed by atoms with van der Waals surface area (Å²) in [6.07, 6.45) is 3.71. The predicted molar refractivity (Wildman–Crippen MR) is 106 cm³/mol. The number of rotatable bonds is 9. The summed E-state index contributed by atoms with van der Waals surface area (Å²) in [5, 5.41) is 0. The van der Waals surface area contributed by atoms with Gasteiger partial charge in [-0.2, -0.15) is 0 Å². The molecule has 0 aliphatic heterocycles. The van der Waals surface area contributed by atoms with Gasteiger partial charge in [-0.15, -0.1) is 0 Å². The van der Waals surface area contributed by atoms with Crippen LogP contribution in [0.15, 0.2) is 30.3 Å². The van der Waals surface area contributed by atoms with Crippen LogP contribution in [0.2, 0.25) is 0 Å². The van der Waals surface area contributed by atoms with Crippen LogP contribution in [0.1, 0.15) is 71.3 Å². The lowest BCUT2D eigenvalue weighted by molar-refractivity contribution is -0.143. The van der Waals surface area contributed by atoms with E-state index >= 15 is 0 Å². The molecule has 0 heterocycles. The van der Waals surface area contributed by atoms with Crippen LogP contribution in [0, 0.1) is 0 Å². The van der Waals surface area contributed by atoms with Gasteiger partial charge in [0.15, 0.2) is 0 Å². The molecule has 0 bridgehead atoms. The quantitative estimate of drug-likeness (QED) is 0.455. The van der Waals surface area contributed by atoms with Crippen LogP contribution in [0.3, 0.4) is 0 Å². The van der Waals surface area contributed by atoms with Crippen molar-refractivity contribution in [3.8, 4) is 0 Å². The van der Waals surface area contributed by atoms with E-state index in [1.165, 1.54) is 5.56 Å². The molecule has 1 saturated carbocycles. The largest absolute Gasteiger partial charge is 0.466 e. The maximum absolute atomic E-state index is 12.7. The molecular weight excluding hydrogens is 342 g/mol. The summed E-state index contributed by atoms with van der Waals surface area (Å²) in [5.74, 6) is 0.242. The minimum atomic E-state index is -0.504. The predicted octanol–water partition coefficient (Wildman–Crippen LogP) is 4.90. The highest BCUT2D eigenvalue weighted by atomic mass is 16.6. The highest BCUT2D eigenvalue weighted by molar-refractivity contribution is 5.70. The van der Waals surface area contributed by atoms with Gasteiger partial charge in [0.05, 0.1) is 6.61 Å². The molecule has 0 aromatic heterocycles. The summed E-state index contributed by atoms with van der Waals surface area (Å²) in [4.78, 5) is 26.0. The number of amides is 1. The monoisotopic (exact) mass is 375 g/mol. The van der Waals surface area contributed by atoms with Gasteiger partial charge in [0.1, 0.15) is 5.60 Å². The van der Waals surface area contributed by atoms with Gasteiger partial charge in [-0.3, -0.25) is 4.79 Å². The molecule has 150 valence electrons. The van der Waals surface area contributed by atoms with Crippen LogP contribution >= 0.6 is 0 Å². The molecule has 0 radical (unpaired) electrons. The standard InChI is InChI=1S/C22H33NO4/c1-5-26-20(24)14-10-7-11-15-23(21(25)27-22(2,3)4)19-16-18(19)17-12-8-6-9-13-17/h6,8-9,12-13,18-19H,5,7,10-11,14-16H2,1-4H3. The van der Waals surface area contributed by atoms with Crippen molar-refractivity contribution in [3.63, 3.8) is 0 Å². The Balaban J connectivity index is 1.87. The lowest BCUT2D eigenvalue weighted by Gasteiger charge is -2.28. The fourth-order valence-electron chi connectivity index (χ4n) is 3.26. The second-order valence-electron chi connectivity index (χ2n) is 8.11. The first-order chi connectivity index (χ1) is 12.8. The summed E-state index contributed by atoms with van der Waals surface area (Å²) < 4.78 is 10.6. The summed E-state index contributed by atoms with van der Waals surface area (Å²) in [6, 6.07) is 10.5. The van der Waals surface area contributed by atoms with Gasteiger partial charge in [-0.05, 0) is 52.5 Å². The number of hydrogen-bond acceptors (Lipinski definition) is 4. The van der Waals surface area contributed by atoms with Crippen molar-refractivity contribution in [2.45, 2.75) is 77.4 Å². The van der Waals surface area contributed by atoms with Crippen molar-refractivity contribution in [2.24, 2.45) is 0 Å². The van der Waals surface area contributed by atoms with Gasteiger partial charge < -0.3 is 14.4 Å². The number of carbonyl (C=O) groups excluding carboxylic acids is 2. The third-order valence-corrected chi connectivity index (χ3v) is 4.60. The summed E-state index contributed by atoms with van der Waals surface area (Å²) >= 11 is 0. The Kier molecular flexibility index (Phi) is 7.69. The molecule has 1 amide bonds. The van der Waals surface area contributed by atoms with Gasteiger partial charge in [-0.1, -0.05) is 36.8 Å². The number of esters is 1. The zero-order valence-electron chi connectivity index (χ0n) is 17.1. The Morgan fingerprint density at radius 1 is 1.11 bits per heavy atom. The number of nitrogens with zero attached hydrogens (tertiary/aromatic N) is 1. The van der Waals surface area contributed by atoms with Crippen LogP contribution in [0.5, 0.6) is 0 Å². The normalized spacial score (nSPS) is 18.7. The molecule has 1 aromatic carbocycles. The highest BCUT2D eigenvalue weighted by Gasteiger charge is 2.45. The smallest absolute Gasteiger partial charge is 0.410 e. The number of unbranched alkanes of at least 4 members (excludes halogenated alkanes) is 2. The maximum atomic E-state index is 12.7. The molecule has 2 atom stereocenters. The molecule has 1 aromatic rings. The zero-order valence-corrected chi connectivity index (χ0v) is 17.1. The molecular formula is C22H33NO4. The van der Waals surface area contributed by atoms with Gasteiger partial charge in [0.2, 0.25) is 0 Å². The Labute approximate surface area is 163 Å². The lowest BCUT2D eigenvalue weighted by Crippen LogP contribution is -2.39. The van der Waals surface area contributed by atoms with Crippen molar-refractivity contribution >= 4 is 12.1 Å². The third kappa shape index (κ3) is 7.24. The van der Waals surface area contributed by atoms with Crippen LogP contribution in [0.25, 0.3) is 0 Å². The van der Waals surface area contributed by atoms with E-state index in [9.17, 15) is 9.59 Å². The molecule has 1 aliphatic carbocycles. The number of ether oxygens (including phenoxy) is 2. The van der Waals surface area contributed by atoms with E-state index in [2.05, 4.69) is 12.1 Å². The Morgan fingerprint density at radius 3 is 2.44 bits per heavy atom. The first-order valence-electron chi connectivity index (χ1n) is 10.0. The topological polar surface area (TPSA) is 55.8 Å². The molecule has 5 nitrogen and oxygen atoms in total. The van der Waals surface area contributed by atoms with E-state index in [4.69, 9.17) is 9.47 Å². The SMILES string of the molecule is CCOC(=O)CCCCCN(C(=O)OC(C)(C)C)C1CC1c1ccccc1. The van der Waals surface area contributed by atoms with Crippen LogP contribution in [-0.2, 0) is 14.3 Å². The van der Waals surface area contributed by atoms with Gasteiger partial charge in [0.25, 0.3) is 0 Å². The Bertz CT molecular complexity index is 608. The molecule has 0 N–H and O–H groups in total. The molecule has 5 heteroatoms. The number of benzene rings is 1. The van der Waals surface area contributed by atoms with Gasteiger partial charge >= 0.3 is 12.1 Å². The van der Waals surface area contributed by atoms with E-state index in [0.717, 1.165) is 25.7 Å². The second-order valence-corrected chi connectivity index (χ2v) is 8.11. The maximum Gasteiger partial charge on any atom is 0.410 e. The number of carbonyl (C=O) groups is 2. The van der Waals surface area contributed by atoms with E-state index in [0.29, 0.717) is 25.5 Å². The Hall–Kier alpha value is -2.04. The van der Waals surface area contributed by atoms with Crippen molar-refractivity contribution in [3.05, 3.63) is 35.9 Å². The van der Waals surface area contributed by atoms with E-state index in [1.807, 2.05) is 50.8 Å². The summed E-state index contributed by atoms with van der Waals surface area (Å²) in [7, 11) is 0. The minimum Gasteiger partial charge on any atom is -0.466 e. The third-order valence-electron chi connectivity index (χ3n) is 4.60. The lowest BCUT2D eigenvalue weighted by atomic mass is 10.1. The summed E-state index contributed by atoms with van der Waals surface area (Å²) in [6.45, 7) is 8.58. The van der Waals surface area contributed by atoms with Gasteiger partial charge in [-0.25, -0.2) is 4.79 Å². The molecule has 2 rings (SSSR count). The first-order valence-corrected chi connectivity index (χ1v) is 10.0. The molecule has 1 aliphatic rings. The van der Waals surface area contributed by atoms with E-state index < -0.39 is 5.60 Å². The first kappa shape index (κ1) is 21.3. The van der Waals surface area contributed by atoms with Crippen molar-refractivity contribution < 1.29 is 19.1 Å². The van der Waals surface area contributed by atoms with E-state index in [1.54, 1.807) is 0 Å². The zero-order chi connectivity index (χ0) is 19.9. The minimum absolute atomic E-state index is 0.146. The van der Waals surface area contributed by atoms with Crippen molar-refractivity contribution in [1.82, 2.24) is 4.90 Å². The van der Waals surface area contributed by atoms with Crippen LogP contribution < -0.4 is 0 Å². The summed E-state index contributed by atoms with van der Waals surface area (Å²) in [5.41, 5.74) is 0.773. The second kappa shape index (κ2) is 9.77. The molecule has 1 fully saturated rings. The van der Waals surface area contributed by atoms with Crippen molar-refractivity contribution in [2.75, 3.05) is 13.2 Å². The molecule has 2 unspecified atom stereocenters.